The normalized spacial score (nSPS) is 16.8. The van der Waals surface area contributed by atoms with Crippen LogP contribution in [0.3, 0.4) is 0 Å². The van der Waals surface area contributed by atoms with E-state index in [1.807, 2.05) is 23.1 Å². The standard InChI is InChI=1S/C12H13NS2/c1-2-7-11-10(6-1)13-12(15-11)14-8-9-4-3-5-9/h1-2,6-7,9H,3-5,8H2. The number of hydrogen-bond donors (Lipinski definition) is 0. The van der Waals surface area contributed by atoms with E-state index < -0.39 is 0 Å². The monoisotopic (exact) mass is 235 g/mol. The van der Waals surface area contributed by atoms with E-state index in [4.69, 9.17) is 0 Å². The molecule has 0 aliphatic heterocycles. The van der Waals surface area contributed by atoms with Crippen LogP contribution in [-0.2, 0) is 0 Å². The summed E-state index contributed by atoms with van der Waals surface area (Å²) in [5.41, 5.74) is 1.15. The topological polar surface area (TPSA) is 12.9 Å². The number of aromatic nitrogens is 1. The molecule has 1 aromatic carbocycles. The number of rotatable bonds is 3. The van der Waals surface area contributed by atoms with Crippen molar-refractivity contribution >= 4 is 33.3 Å². The fraction of sp³-hybridized carbons (Fsp3) is 0.417. The van der Waals surface area contributed by atoms with Crippen LogP contribution < -0.4 is 0 Å². The van der Waals surface area contributed by atoms with E-state index in [9.17, 15) is 0 Å². The van der Waals surface area contributed by atoms with Crippen molar-refractivity contribution in [1.82, 2.24) is 4.98 Å². The van der Waals surface area contributed by atoms with Gasteiger partial charge in [0.2, 0.25) is 0 Å². The van der Waals surface area contributed by atoms with Crippen LogP contribution in [0.5, 0.6) is 0 Å². The molecule has 0 atom stereocenters. The van der Waals surface area contributed by atoms with Crippen LogP contribution >= 0.6 is 23.1 Å². The zero-order valence-corrected chi connectivity index (χ0v) is 10.1. The lowest BCUT2D eigenvalue weighted by Gasteiger charge is -2.23. The zero-order chi connectivity index (χ0) is 10.1. The van der Waals surface area contributed by atoms with Crippen molar-refractivity contribution in [2.45, 2.75) is 23.6 Å². The van der Waals surface area contributed by atoms with Gasteiger partial charge in [-0.25, -0.2) is 4.98 Å². The number of benzene rings is 1. The van der Waals surface area contributed by atoms with Gasteiger partial charge in [-0.2, -0.15) is 0 Å². The van der Waals surface area contributed by atoms with Crippen molar-refractivity contribution in [2.24, 2.45) is 5.92 Å². The SMILES string of the molecule is c1ccc2sc(SCC3CCC3)nc2c1. The van der Waals surface area contributed by atoms with Crippen molar-refractivity contribution < 1.29 is 0 Å². The molecule has 1 heterocycles. The molecule has 0 bridgehead atoms. The predicted molar refractivity (Wildman–Crippen MR) is 67.7 cm³/mol. The first kappa shape index (κ1) is 9.67. The molecule has 3 heteroatoms. The maximum atomic E-state index is 4.62. The van der Waals surface area contributed by atoms with Crippen molar-refractivity contribution in [1.29, 1.82) is 0 Å². The van der Waals surface area contributed by atoms with Crippen molar-refractivity contribution in [3.8, 4) is 0 Å². The Morgan fingerprint density at radius 2 is 2.20 bits per heavy atom. The molecule has 0 spiro atoms. The van der Waals surface area contributed by atoms with E-state index in [-0.39, 0.29) is 0 Å². The van der Waals surface area contributed by atoms with Crippen LogP contribution in [0.25, 0.3) is 10.2 Å². The van der Waals surface area contributed by atoms with Gasteiger partial charge in [-0.05, 0) is 30.9 Å². The molecule has 2 aromatic rings. The van der Waals surface area contributed by atoms with E-state index in [2.05, 4.69) is 29.2 Å². The minimum absolute atomic E-state index is 0.960. The minimum Gasteiger partial charge on any atom is -0.230 e. The second-order valence-electron chi connectivity index (χ2n) is 4.06. The summed E-state index contributed by atoms with van der Waals surface area (Å²) < 4.78 is 2.55. The molecule has 78 valence electrons. The number of hydrogen-bond acceptors (Lipinski definition) is 3. The molecule has 1 aliphatic carbocycles. The van der Waals surface area contributed by atoms with Gasteiger partial charge < -0.3 is 0 Å². The molecule has 1 saturated carbocycles. The average Bonchev–Trinajstić information content (AvgIpc) is 2.57. The van der Waals surface area contributed by atoms with E-state index >= 15 is 0 Å². The quantitative estimate of drug-likeness (QED) is 0.740. The highest BCUT2D eigenvalue weighted by Gasteiger charge is 2.18. The van der Waals surface area contributed by atoms with Gasteiger partial charge in [0.15, 0.2) is 4.34 Å². The molecular formula is C12H13NS2. The van der Waals surface area contributed by atoms with Crippen LogP contribution in [0.15, 0.2) is 28.6 Å². The first-order valence-electron chi connectivity index (χ1n) is 5.40. The van der Waals surface area contributed by atoms with Crippen LogP contribution in [0.1, 0.15) is 19.3 Å². The molecule has 0 radical (unpaired) electrons. The first-order chi connectivity index (χ1) is 7.42. The van der Waals surface area contributed by atoms with Gasteiger partial charge in [0.25, 0.3) is 0 Å². The Morgan fingerprint density at radius 1 is 1.33 bits per heavy atom. The van der Waals surface area contributed by atoms with E-state index in [1.54, 1.807) is 0 Å². The highest BCUT2D eigenvalue weighted by molar-refractivity contribution is 8.01. The predicted octanol–water partition coefficient (Wildman–Crippen LogP) is 4.19. The fourth-order valence-corrected chi connectivity index (χ4v) is 4.04. The molecule has 3 rings (SSSR count). The molecule has 1 aromatic heterocycles. The Balaban J connectivity index is 1.73. The van der Waals surface area contributed by atoms with Crippen LogP contribution in [-0.4, -0.2) is 10.7 Å². The lowest BCUT2D eigenvalue weighted by atomic mass is 9.87. The summed E-state index contributed by atoms with van der Waals surface area (Å²) in [5, 5.41) is 0. The summed E-state index contributed by atoms with van der Waals surface area (Å²) in [7, 11) is 0. The van der Waals surface area contributed by atoms with Crippen LogP contribution in [0.2, 0.25) is 0 Å². The highest BCUT2D eigenvalue weighted by Crippen LogP contribution is 2.35. The second kappa shape index (κ2) is 4.14. The summed E-state index contributed by atoms with van der Waals surface area (Å²) >= 11 is 3.76. The van der Waals surface area contributed by atoms with Gasteiger partial charge in [0.1, 0.15) is 0 Å². The van der Waals surface area contributed by atoms with E-state index in [1.165, 1.54) is 34.1 Å². The van der Waals surface area contributed by atoms with Gasteiger partial charge in [0.05, 0.1) is 10.2 Å². The Labute approximate surface area is 97.9 Å². The maximum Gasteiger partial charge on any atom is 0.151 e. The lowest BCUT2D eigenvalue weighted by molar-refractivity contribution is 0.353. The number of fused-ring (bicyclic) bond motifs is 1. The van der Waals surface area contributed by atoms with Crippen molar-refractivity contribution in [2.75, 3.05) is 5.75 Å². The Kier molecular flexibility index (Phi) is 2.67. The molecule has 0 amide bonds. The molecule has 1 nitrogen and oxygen atoms in total. The molecule has 1 aliphatic rings. The fourth-order valence-electron chi connectivity index (χ4n) is 1.76. The number of nitrogens with zero attached hydrogens (tertiary/aromatic N) is 1. The van der Waals surface area contributed by atoms with E-state index in [0.29, 0.717) is 0 Å². The largest absolute Gasteiger partial charge is 0.230 e. The summed E-state index contributed by atoms with van der Waals surface area (Å²) in [4.78, 5) is 4.62. The number of para-hydroxylation sites is 1. The number of thiazole rings is 1. The van der Waals surface area contributed by atoms with E-state index in [0.717, 1.165) is 11.4 Å². The highest BCUT2D eigenvalue weighted by atomic mass is 32.2. The first-order valence-corrected chi connectivity index (χ1v) is 7.20. The number of thioether (sulfide) groups is 1. The van der Waals surface area contributed by atoms with Gasteiger partial charge >= 0.3 is 0 Å². The third-order valence-corrected chi connectivity index (χ3v) is 5.35. The zero-order valence-electron chi connectivity index (χ0n) is 8.48. The molecule has 0 N–H and O–H groups in total. The third kappa shape index (κ3) is 2.04. The molecule has 15 heavy (non-hydrogen) atoms. The molecule has 0 saturated heterocycles. The van der Waals surface area contributed by atoms with Crippen molar-refractivity contribution in [3.05, 3.63) is 24.3 Å². The smallest absolute Gasteiger partial charge is 0.151 e. The summed E-state index contributed by atoms with van der Waals surface area (Å²) in [6, 6.07) is 8.39. The van der Waals surface area contributed by atoms with Crippen LogP contribution in [0, 0.1) is 5.92 Å². The van der Waals surface area contributed by atoms with Crippen LogP contribution in [0.4, 0.5) is 0 Å². The minimum atomic E-state index is 0.960. The second-order valence-corrected chi connectivity index (χ2v) is 6.35. The summed E-state index contributed by atoms with van der Waals surface area (Å²) in [6.07, 6.45) is 4.29. The maximum absolute atomic E-state index is 4.62. The van der Waals surface area contributed by atoms with Crippen molar-refractivity contribution in [3.63, 3.8) is 0 Å². The van der Waals surface area contributed by atoms with Gasteiger partial charge in [-0.1, -0.05) is 30.3 Å². The van der Waals surface area contributed by atoms with Gasteiger partial charge in [-0.15, -0.1) is 11.3 Å². The Morgan fingerprint density at radius 3 is 2.93 bits per heavy atom. The van der Waals surface area contributed by atoms with Gasteiger partial charge in [0, 0.05) is 5.75 Å². The molecule has 0 unspecified atom stereocenters. The molecular weight excluding hydrogens is 222 g/mol. The molecule has 1 fully saturated rings. The van der Waals surface area contributed by atoms with Gasteiger partial charge in [-0.3, -0.25) is 0 Å². The summed E-state index contributed by atoms with van der Waals surface area (Å²) in [5.74, 6) is 2.22. The Bertz CT molecular complexity index is 426. The lowest BCUT2D eigenvalue weighted by Crippen LogP contribution is -2.12. The average molecular weight is 235 g/mol. The third-order valence-electron chi connectivity index (χ3n) is 2.94. The summed E-state index contributed by atoms with van der Waals surface area (Å²) in [6.45, 7) is 0. The Hall–Kier alpha value is -0.540.